The Morgan fingerprint density at radius 2 is 1.64 bits per heavy atom. The molecule has 2 fully saturated rings. The molecule has 0 unspecified atom stereocenters. The molecule has 6 nitrogen and oxygen atoms in total. The van der Waals surface area contributed by atoms with Crippen LogP contribution in [0.25, 0.3) is 10.9 Å². The second-order valence-corrected chi connectivity index (χ2v) is 10.8. The quantitative estimate of drug-likeness (QED) is 0.299. The molecule has 2 radical (unpaired) electrons. The molecular weight excluding hydrogens is 502 g/mol. The van der Waals surface area contributed by atoms with Crippen molar-refractivity contribution in [1.82, 2.24) is 15.3 Å². The van der Waals surface area contributed by atoms with Crippen LogP contribution < -0.4 is 26.2 Å². The predicted octanol–water partition coefficient (Wildman–Crippen LogP) is 5.83. The number of fused-ring (bicyclic) bond motifs is 1. The van der Waals surface area contributed by atoms with Gasteiger partial charge in [-0.1, -0.05) is 49.0 Å². The summed E-state index contributed by atoms with van der Waals surface area (Å²) in [5.41, 5.74) is 1.57. The number of hydrogen-bond donors (Lipinski definition) is 3. The highest BCUT2D eigenvalue weighted by molar-refractivity contribution is 6.32. The Labute approximate surface area is 228 Å². The van der Waals surface area contributed by atoms with Crippen molar-refractivity contribution in [3.8, 4) is 5.75 Å². The van der Waals surface area contributed by atoms with E-state index in [1.165, 1.54) is 38.2 Å². The van der Waals surface area contributed by atoms with Gasteiger partial charge in [-0.25, -0.2) is 4.98 Å². The Kier molecular flexibility index (Phi) is 8.80. The van der Waals surface area contributed by atoms with E-state index < -0.39 is 6.36 Å². The van der Waals surface area contributed by atoms with Gasteiger partial charge < -0.3 is 20.7 Å². The molecule has 0 spiro atoms. The topological polar surface area (TPSA) is 71.1 Å². The molecule has 0 aliphatic heterocycles. The second kappa shape index (κ2) is 12.4. The molecular formula is C29H35BF3N5O. The lowest BCUT2D eigenvalue weighted by molar-refractivity contribution is -0.274. The van der Waals surface area contributed by atoms with Gasteiger partial charge in [-0.2, -0.15) is 4.98 Å². The van der Waals surface area contributed by atoms with Crippen molar-refractivity contribution in [2.45, 2.75) is 82.8 Å². The van der Waals surface area contributed by atoms with Gasteiger partial charge in [0.25, 0.3) is 0 Å². The van der Waals surface area contributed by atoms with Gasteiger partial charge in [-0.3, -0.25) is 0 Å². The fourth-order valence-electron chi connectivity index (χ4n) is 5.72. The standard InChI is InChI=1S/C29H35BF3N5O/c30-21-11-10-20(26(16-21)39-29(31,32)33)18-34-22-12-14-23(15-13-22)36-28-37-25-9-5-4-8-24(25)27(38-28)35-17-19-6-2-1-3-7-19/h4-5,8-11,16,19,22-23,34H,1-3,6-7,12-15,17-18H2,(H2,35,36,37,38). The van der Waals surface area contributed by atoms with Crippen LogP contribution in [0, 0.1) is 5.92 Å². The van der Waals surface area contributed by atoms with Gasteiger partial charge in [-0.05, 0) is 62.6 Å². The van der Waals surface area contributed by atoms with Crippen LogP contribution in [0.2, 0.25) is 0 Å². The Balaban J connectivity index is 1.16. The molecule has 1 heterocycles. The molecule has 10 heteroatoms. The molecule has 2 saturated carbocycles. The minimum absolute atomic E-state index is 0.199. The molecule has 3 N–H and O–H groups in total. The van der Waals surface area contributed by atoms with E-state index in [-0.39, 0.29) is 29.8 Å². The molecule has 3 aromatic rings. The van der Waals surface area contributed by atoms with E-state index >= 15 is 0 Å². The first kappa shape index (κ1) is 27.6. The van der Waals surface area contributed by atoms with Crippen molar-refractivity contribution in [3.63, 3.8) is 0 Å². The molecule has 0 atom stereocenters. The summed E-state index contributed by atoms with van der Waals surface area (Å²) >= 11 is 0. The van der Waals surface area contributed by atoms with E-state index in [0.717, 1.165) is 48.9 Å². The number of alkyl halides is 3. The number of nitrogens with zero attached hydrogens (tertiary/aromatic N) is 2. The van der Waals surface area contributed by atoms with Gasteiger partial charge in [0.1, 0.15) is 19.4 Å². The van der Waals surface area contributed by atoms with Crippen molar-refractivity contribution >= 4 is 36.0 Å². The van der Waals surface area contributed by atoms with Gasteiger partial charge >= 0.3 is 6.36 Å². The van der Waals surface area contributed by atoms with E-state index in [4.69, 9.17) is 17.8 Å². The summed E-state index contributed by atoms with van der Waals surface area (Å²) in [7, 11) is 5.67. The Bertz CT molecular complexity index is 1240. The van der Waals surface area contributed by atoms with Gasteiger partial charge in [0.05, 0.1) is 5.52 Å². The summed E-state index contributed by atoms with van der Waals surface area (Å²) < 4.78 is 42.6. The number of ether oxygens (including phenoxy) is 1. The second-order valence-electron chi connectivity index (χ2n) is 10.8. The third-order valence-corrected chi connectivity index (χ3v) is 7.84. The number of aromatic nitrogens is 2. The Morgan fingerprint density at radius 3 is 2.41 bits per heavy atom. The smallest absolute Gasteiger partial charge is 0.405 e. The zero-order valence-electron chi connectivity index (χ0n) is 22.1. The van der Waals surface area contributed by atoms with Gasteiger partial charge in [0, 0.05) is 36.1 Å². The normalized spacial score (nSPS) is 20.6. The monoisotopic (exact) mass is 537 g/mol. The summed E-state index contributed by atoms with van der Waals surface area (Å²) in [4.78, 5) is 9.63. The van der Waals surface area contributed by atoms with Gasteiger partial charge in [0.2, 0.25) is 5.95 Å². The molecule has 0 bridgehead atoms. The average molecular weight is 537 g/mol. The maximum absolute atomic E-state index is 12.8. The first-order chi connectivity index (χ1) is 18.8. The van der Waals surface area contributed by atoms with Crippen LogP contribution in [-0.4, -0.2) is 42.8 Å². The minimum atomic E-state index is -4.76. The van der Waals surface area contributed by atoms with Crippen molar-refractivity contribution in [2.24, 2.45) is 5.92 Å². The Hall–Kier alpha value is -3.01. The molecule has 1 aromatic heterocycles. The van der Waals surface area contributed by atoms with Crippen LogP contribution in [-0.2, 0) is 6.54 Å². The lowest BCUT2D eigenvalue weighted by Gasteiger charge is -2.30. The first-order valence-electron chi connectivity index (χ1n) is 14.0. The summed E-state index contributed by atoms with van der Waals surface area (Å²) in [6, 6.07) is 12.9. The summed E-state index contributed by atoms with van der Waals surface area (Å²) in [5.74, 6) is 1.94. The molecule has 2 aromatic carbocycles. The van der Waals surface area contributed by atoms with E-state index in [2.05, 4.69) is 26.8 Å². The maximum atomic E-state index is 12.8. The zero-order chi connectivity index (χ0) is 27.2. The zero-order valence-corrected chi connectivity index (χ0v) is 22.1. The predicted molar refractivity (Wildman–Crippen MR) is 150 cm³/mol. The van der Waals surface area contributed by atoms with Crippen LogP contribution >= 0.6 is 0 Å². The number of halogens is 3. The van der Waals surface area contributed by atoms with Crippen LogP contribution in [0.1, 0.15) is 63.4 Å². The number of nitrogens with one attached hydrogen (secondary N) is 3. The fourth-order valence-corrected chi connectivity index (χ4v) is 5.72. The summed E-state index contributed by atoms with van der Waals surface area (Å²) in [5, 5.41) is 11.6. The average Bonchev–Trinajstić information content (AvgIpc) is 2.92. The van der Waals surface area contributed by atoms with Crippen LogP contribution in [0.5, 0.6) is 5.75 Å². The number of hydrogen-bond acceptors (Lipinski definition) is 6. The van der Waals surface area contributed by atoms with Crippen molar-refractivity contribution < 1.29 is 17.9 Å². The Morgan fingerprint density at radius 1 is 0.897 bits per heavy atom. The largest absolute Gasteiger partial charge is 0.573 e. The number of rotatable bonds is 9. The highest BCUT2D eigenvalue weighted by Crippen LogP contribution is 2.29. The van der Waals surface area contributed by atoms with E-state index in [1.54, 1.807) is 12.1 Å². The fraction of sp³-hybridized carbons (Fsp3) is 0.517. The first-order valence-corrected chi connectivity index (χ1v) is 14.0. The van der Waals surface area contributed by atoms with Crippen molar-refractivity contribution in [1.29, 1.82) is 0 Å². The minimum Gasteiger partial charge on any atom is -0.405 e. The van der Waals surface area contributed by atoms with E-state index in [0.29, 0.717) is 17.4 Å². The van der Waals surface area contributed by atoms with E-state index in [1.807, 2.05) is 18.2 Å². The lowest BCUT2D eigenvalue weighted by Crippen LogP contribution is -2.37. The molecule has 0 saturated heterocycles. The van der Waals surface area contributed by atoms with Crippen LogP contribution in [0.15, 0.2) is 42.5 Å². The van der Waals surface area contributed by atoms with Crippen molar-refractivity contribution in [3.05, 3.63) is 48.0 Å². The molecule has 206 valence electrons. The lowest BCUT2D eigenvalue weighted by atomic mass is 9.89. The van der Waals surface area contributed by atoms with Gasteiger partial charge in [-0.15, -0.1) is 13.2 Å². The number of benzene rings is 2. The highest BCUT2D eigenvalue weighted by atomic mass is 19.4. The molecule has 5 rings (SSSR count). The molecule has 39 heavy (non-hydrogen) atoms. The highest BCUT2D eigenvalue weighted by Gasteiger charge is 2.32. The van der Waals surface area contributed by atoms with Crippen molar-refractivity contribution in [2.75, 3.05) is 17.2 Å². The summed E-state index contributed by atoms with van der Waals surface area (Å²) in [6.45, 7) is 1.21. The number of anilines is 2. The van der Waals surface area contributed by atoms with Crippen LogP contribution in [0.4, 0.5) is 24.9 Å². The summed E-state index contributed by atoms with van der Waals surface area (Å²) in [6.07, 6.45) is 5.34. The number of para-hydroxylation sites is 1. The third-order valence-electron chi connectivity index (χ3n) is 7.84. The molecule has 0 amide bonds. The van der Waals surface area contributed by atoms with E-state index in [9.17, 15) is 13.2 Å². The molecule has 2 aliphatic carbocycles. The SMILES string of the molecule is [B]c1ccc(CNC2CCC(Nc3nc(NCC4CCCCC4)c4ccccc4n3)CC2)c(OC(F)(F)F)c1. The molecule has 2 aliphatic rings. The third kappa shape index (κ3) is 7.78. The van der Waals surface area contributed by atoms with Crippen LogP contribution in [0.3, 0.4) is 0 Å². The van der Waals surface area contributed by atoms with Gasteiger partial charge in [0.15, 0.2) is 0 Å². The maximum Gasteiger partial charge on any atom is 0.573 e.